The lowest BCUT2D eigenvalue weighted by Gasteiger charge is -2.42. The number of rotatable bonds is 13. The Balaban J connectivity index is 1.51. The van der Waals surface area contributed by atoms with Gasteiger partial charge in [-0.05, 0) is 50.5 Å². The van der Waals surface area contributed by atoms with Gasteiger partial charge in [-0.1, -0.05) is 61.7 Å². The van der Waals surface area contributed by atoms with Crippen LogP contribution in [-0.2, 0) is 25.5 Å². The Morgan fingerprint density at radius 3 is 2.59 bits per heavy atom. The molecule has 1 saturated carbocycles. The summed E-state index contributed by atoms with van der Waals surface area (Å²) in [5.41, 5.74) is 0.991. The number of allylic oxidation sites excluding steroid dienone is 1. The van der Waals surface area contributed by atoms with Crippen LogP contribution < -0.4 is 0 Å². The van der Waals surface area contributed by atoms with Crippen molar-refractivity contribution in [3.63, 3.8) is 0 Å². The number of amides is 2. The first kappa shape index (κ1) is 29.9. The lowest BCUT2D eigenvalue weighted by Crippen LogP contribution is -2.59. The first-order valence-electron chi connectivity index (χ1n) is 15.3. The molecule has 0 aromatic heterocycles. The van der Waals surface area contributed by atoms with Gasteiger partial charge in [0.1, 0.15) is 6.04 Å². The molecule has 3 aliphatic heterocycles. The van der Waals surface area contributed by atoms with E-state index in [-0.39, 0.29) is 35.7 Å². The minimum atomic E-state index is -0.740. The van der Waals surface area contributed by atoms with Crippen molar-refractivity contribution < 1.29 is 24.2 Å². The molecule has 2 unspecified atom stereocenters. The molecule has 1 aliphatic carbocycles. The zero-order valence-corrected chi connectivity index (χ0v) is 24.8. The molecule has 1 N–H and O–H groups in total. The van der Waals surface area contributed by atoms with Gasteiger partial charge in [0.25, 0.3) is 0 Å². The molecule has 3 heterocycles. The van der Waals surface area contributed by atoms with Crippen LogP contribution in [0.4, 0.5) is 0 Å². The normalized spacial score (nSPS) is 29.7. The minimum absolute atomic E-state index is 0.0439. The third kappa shape index (κ3) is 5.62. The van der Waals surface area contributed by atoms with Crippen LogP contribution in [0.3, 0.4) is 0 Å². The van der Waals surface area contributed by atoms with Crippen molar-refractivity contribution in [3.8, 4) is 0 Å². The van der Waals surface area contributed by atoms with Crippen LogP contribution >= 0.6 is 11.8 Å². The first-order valence-corrected chi connectivity index (χ1v) is 16.2. The number of ether oxygens (including phenoxy) is 1. The van der Waals surface area contributed by atoms with Gasteiger partial charge in [-0.2, -0.15) is 0 Å². The number of benzene rings is 1. The molecule has 41 heavy (non-hydrogen) atoms. The summed E-state index contributed by atoms with van der Waals surface area (Å²) in [4.78, 5) is 46.4. The number of carbonyl (C=O) groups is 3. The summed E-state index contributed by atoms with van der Waals surface area (Å²) >= 11 is 1.66. The van der Waals surface area contributed by atoms with Gasteiger partial charge in [0, 0.05) is 17.8 Å². The van der Waals surface area contributed by atoms with Gasteiger partial charge in [0.2, 0.25) is 11.8 Å². The molecule has 1 aromatic rings. The van der Waals surface area contributed by atoms with Gasteiger partial charge in [-0.25, -0.2) is 0 Å². The summed E-state index contributed by atoms with van der Waals surface area (Å²) in [6.07, 6.45) is 12.1. The highest BCUT2D eigenvalue weighted by Gasteiger charge is 2.75. The topological polar surface area (TPSA) is 87.2 Å². The van der Waals surface area contributed by atoms with Gasteiger partial charge >= 0.3 is 5.97 Å². The number of nitrogens with zero attached hydrogens (tertiary/aromatic N) is 2. The Morgan fingerprint density at radius 2 is 1.90 bits per heavy atom. The van der Waals surface area contributed by atoms with E-state index in [9.17, 15) is 19.5 Å². The minimum Gasteiger partial charge on any atom is -0.465 e. The second kappa shape index (κ2) is 13.2. The number of hydrogen-bond acceptors (Lipinski definition) is 6. The average Bonchev–Trinajstić information content (AvgIpc) is 3.65. The standard InChI is InChI=1S/C33H44N2O5S/c1-3-5-12-20-40-32(39)27-26-17-18-33(41-26)28(27)30(37)35(25(22-36)21-23-13-8-6-9-14-23)29(33)31(38)34(19-4-2)24-15-10-7-11-16-24/h3-4,6,8-9,13-14,24-29,36H,1-2,5,7,10-12,15-22H2/t25-,26+,27-,28+,29?,33?/m1/s1. The molecule has 3 saturated heterocycles. The van der Waals surface area contributed by atoms with Crippen molar-refractivity contribution in [2.24, 2.45) is 11.8 Å². The van der Waals surface area contributed by atoms with Crippen LogP contribution in [0.1, 0.15) is 63.4 Å². The van der Waals surface area contributed by atoms with Crippen molar-refractivity contribution in [2.45, 2.75) is 92.3 Å². The Labute approximate surface area is 248 Å². The summed E-state index contributed by atoms with van der Waals surface area (Å²) in [7, 11) is 0. The second-order valence-electron chi connectivity index (χ2n) is 12.0. The van der Waals surface area contributed by atoms with Crippen LogP contribution in [-0.4, -0.2) is 80.6 Å². The van der Waals surface area contributed by atoms with Crippen LogP contribution in [0.2, 0.25) is 0 Å². The van der Waals surface area contributed by atoms with Crippen molar-refractivity contribution >= 4 is 29.5 Å². The first-order chi connectivity index (χ1) is 20.0. The Kier molecular flexibility index (Phi) is 9.59. The molecule has 2 bridgehead atoms. The predicted octanol–water partition coefficient (Wildman–Crippen LogP) is 4.54. The maximum Gasteiger partial charge on any atom is 0.310 e. The molecule has 7 nitrogen and oxygen atoms in total. The number of esters is 1. The van der Waals surface area contributed by atoms with E-state index in [4.69, 9.17) is 4.74 Å². The van der Waals surface area contributed by atoms with Crippen LogP contribution in [0.25, 0.3) is 0 Å². The number of unbranched alkanes of at least 4 members (excludes halogenated alkanes) is 1. The Hall–Kier alpha value is -2.58. The van der Waals surface area contributed by atoms with Gasteiger partial charge in [0.05, 0.1) is 35.8 Å². The monoisotopic (exact) mass is 580 g/mol. The van der Waals surface area contributed by atoms with E-state index in [1.807, 2.05) is 35.2 Å². The maximum absolute atomic E-state index is 14.8. The third-order valence-electron chi connectivity index (χ3n) is 9.58. The molecule has 6 atom stereocenters. The van der Waals surface area contributed by atoms with Gasteiger partial charge in [0.15, 0.2) is 0 Å². The molecule has 222 valence electrons. The summed E-state index contributed by atoms with van der Waals surface area (Å²) in [5, 5.41) is 10.6. The third-order valence-corrected chi connectivity index (χ3v) is 11.5. The SMILES string of the molecule is C=CCCCOC(=O)[C@@H]1[C@@H]2CCC3(S2)C(C(=O)N(CC=C)C2CCCCC2)N([C@@H](CO)Cc2ccccc2)C(=O)[C@H]13. The number of likely N-dealkylation sites (tertiary alicyclic amines) is 1. The largest absolute Gasteiger partial charge is 0.465 e. The van der Waals surface area contributed by atoms with E-state index in [0.29, 0.717) is 32.4 Å². The quantitative estimate of drug-likeness (QED) is 0.210. The fourth-order valence-electron chi connectivity index (χ4n) is 7.77. The number of carbonyl (C=O) groups excluding carboxylic acids is 3. The van der Waals surface area contributed by atoms with E-state index in [1.165, 1.54) is 6.42 Å². The van der Waals surface area contributed by atoms with E-state index in [2.05, 4.69) is 13.2 Å². The average molecular weight is 581 g/mol. The van der Waals surface area contributed by atoms with E-state index in [0.717, 1.165) is 44.1 Å². The molecule has 2 amide bonds. The summed E-state index contributed by atoms with van der Waals surface area (Å²) < 4.78 is 4.99. The van der Waals surface area contributed by atoms with Crippen molar-refractivity contribution in [3.05, 3.63) is 61.2 Å². The van der Waals surface area contributed by atoms with Gasteiger partial charge in [-0.15, -0.1) is 24.9 Å². The van der Waals surface area contributed by atoms with E-state index < -0.39 is 28.7 Å². The fourth-order valence-corrected chi connectivity index (χ4v) is 9.96. The molecule has 5 rings (SSSR count). The number of aliphatic hydroxyl groups excluding tert-OH is 1. The number of hydrogen-bond donors (Lipinski definition) is 1. The number of aliphatic hydroxyl groups is 1. The molecule has 0 radical (unpaired) electrons. The van der Waals surface area contributed by atoms with Gasteiger partial charge < -0.3 is 19.6 Å². The molecule has 1 aromatic carbocycles. The highest BCUT2D eigenvalue weighted by Crippen LogP contribution is 2.67. The van der Waals surface area contributed by atoms with Crippen LogP contribution in [0.5, 0.6) is 0 Å². The zero-order chi connectivity index (χ0) is 29.0. The molecule has 4 fully saturated rings. The number of thioether (sulfide) groups is 1. The molecule has 4 aliphatic rings. The highest BCUT2D eigenvalue weighted by molar-refractivity contribution is 8.02. The molecule has 1 spiro atoms. The molecule has 8 heteroatoms. The van der Waals surface area contributed by atoms with Crippen molar-refractivity contribution in [2.75, 3.05) is 19.8 Å². The van der Waals surface area contributed by atoms with E-state index in [1.54, 1.807) is 28.8 Å². The van der Waals surface area contributed by atoms with E-state index >= 15 is 0 Å². The fraction of sp³-hybridized carbons (Fsp3) is 0.606. The molecular weight excluding hydrogens is 536 g/mol. The zero-order valence-electron chi connectivity index (χ0n) is 24.0. The summed E-state index contributed by atoms with van der Waals surface area (Å²) in [6.45, 7) is 8.13. The van der Waals surface area contributed by atoms with Crippen LogP contribution in [0.15, 0.2) is 55.6 Å². The predicted molar refractivity (Wildman–Crippen MR) is 161 cm³/mol. The maximum atomic E-state index is 14.8. The summed E-state index contributed by atoms with van der Waals surface area (Å²) in [5.74, 6) is -1.80. The lowest BCUT2D eigenvalue weighted by atomic mass is 9.71. The Bertz CT molecular complexity index is 1120. The van der Waals surface area contributed by atoms with Crippen LogP contribution in [0, 0.1) is 11.8 Å². The van der Waals surface area contributed by atoms with Crippen molar-refractivity contribution in [1.82, 2.24) is 9.80 Å². The second-order valence-corrected chi connectivity index (χ2v) is 13.6. The highest BCUT2D eigenvalue weighted by atomic mass is 32.2. The number of fused-ring (bicyclic) bond motifs is 1. The Morgan fingerprint density at radius 1 is 1.15 bits per heavy atom. The smallest absolute Gasteiger partial charge is 0.310 e. The van der Waals surface area contributed by atoms with Crippen molar-refractivity contribution in [1.29, 1.82) is 0 Å². The summed E-state index contributed by atoms with van der Waals surface area (Å²) in [6, 6.07) is 8.58. The lowest BCUT2D eigenvalue weighted by molar-refractivity contribution is -0.154. The van der Waals surface area contributed by atoms with Gasteiger partial charge in [-0.3, -0.25) is 14.4 Å². The molecular formula is C33H44N2O5S.